The lowest BCUT2D eigenvalue weighted by molar-refractivity contribution is 0.224. The van der Waals surface area contributed by atoms with Gasteiger partial charge in [0.15, 0.2) is 0 Å². The maximum absolute atomic E-state index is 5.61. The van der Waals surface area contributed by atoms with Crippen LogP contribution in [0.4, 0.5) is 0 Å². The van der Waals surface area contributed by atoms with E-state index < -0.39 is 0 Å². The van der Waals surface area contributed by atoms with Gasteiger partial charge >= 0.3 is 0 Å². The van der Waals surface area contributed by atoms with Gasteiger partial charge in [-0.15, -0.1) is 11.6 Å². The van der Waals surface area contributed by atoms with Crippen molar-refractivity contribution in [2.24, 2.45) is 5.41 Å². The number of unbranched alkanes of at least 4 members (excludes halogenated alkanes) is 2. The van der Waals surface area contributed by atoms with Gasteiger partial charge in [0.25, 0.3) is 0 Å². The molecule has 0 bridgehead atoms. The number of halogens is 1. The Morgan fingerprint density at radius 3 is 2.15 bits per heavy atom. The van der Waals surface area contributed by atoms with Gasteiger partial charge in [-0.25, -0.2) is 0 Å². The molecule has 0 amide bonds. The van der Waals surface area contributed by atoms with Crippen LogP contribution in [0.3, 0.4) is 0 Å². The highest BCUT2D eigenvalue weighted by Gasteiger charge is 2.12. The predicted octanol–water partition coefficient (Wildman–Crippen LogP) is 3.37. The summed E-state index contributed by atoms with van der Waals surface area (Å²) in [6.07, 6.45) is 3.70. The summed E-state index contributed by atoms with van der Waals surface area (Å²) in [7, 11) is 2.20. The zero-order valence-electron chi connectivity index (χ0n) is 9.57. The van der Waals surface area contributed by atoms with Crippen LogP contribution in [0.5, 0.6) is 0 Å². The van der Waals surface area contributed by atoms with Gasteiger partial charge in [0.1, 0.15) is 0 Å². The van der Waals surface area contributed by atoms with Crippen LogP contribution in [0.2, 0.25) is 0 Å². The average Bonchev–Trinajstić information content (AvgIpc) is 1.94. The second-order valence-electron chi connectivity index (χ2n) is 5.05. The molecule has 0 rings (SSSR count). The largest absolute Gasteiger partial charge is 0.306 e. The van der Waals surface area contributed by atoms with Crippen molar-refractivity contribution in [1.82, 2.24) is 4.90 Å². The summed E-state index contributed by atoms with van der Waals surface area (Å²) in [6, 6.07) is 0. The summed E-state index contributed by atoms with van der Waals surface area (Å²) in [5.74, 6) is 0.809. The van der Waals surface area contributed by atoms with Crippen molar-refractivity contribution in [3.8, 4) is 0 Å². The first-order valence-electron chi connectivity index (χ1n) is 5.20. The third-order valence-corrected chi connectivity index (χ3v) is 2.18. The van der Waals surface area contributed by atoms with E-state index in [1.165, 1.54) is 25.9 Å². The lowest BCUT2D eigenvalue weighted by Gasteiger charge is -2.26. The van der Waals surface area contributed by atoms with Crippen molar-refractivity contribution in [3.63, 3.8) is 0 Å². The minimum absolute atomic E-state index is 0.418. The summed E-state index contributed by atoms with van der Waals surface area (Å²) >= 11 is 5.61. The molecule has 80 valence electrons. The SMILES string of the molecule is CN(CCCCCCl)CC(C)(C)C. The molecular formula is C11H24ClN. The molecule has 0 saturated heterocycles. The van der Waals surface area contributed by atoms with Crippen molar-refractivity contribution >= 4 is 11.6 Å². The van der Waals surface area contributed by atoms with Crippen LogP contribution in [0.15, 0.2) is 0 Å². The van der Waals surface area contributed by atoms with Crippen molar-refractivity contribution in [2.45, 2.75) is 40.0 Å². The molecule has 0 saturated carbocycles. The lowest BCUT2D eigenvalue weighted by atomic mass is 9.96. The topological polar surface area (TPSA) is 3.24 Å². The van der Waals surface area contributed by atoms with Crippen molar-refractivity contribution in [3.05, 3.63) is 0 Å². The minimum Gasteiger partial charge on any atom is -0.306 e. The van der Waals surface area contributed by atoms with Gasteiger partial charge in [-0.05, 0) is 31.8 Å². The highest BCUT2D eigenvalue weighted by molar-refractivity contribution is 6.17. The molecule has 0 aliphatic carbocycles. The number of rotatable bonds is 6. The average molecular weight is 206 g/mol. The third-order valence-electron chi connectivity index (χ3n) is 1.92. The van der Waals surface area contributed by atoms with Gasteiger partial charge in [0.05, 0.1) is 0 Å². The molecule has 0 heterocycles. The lowest BCUT2D eigenvalue weighted by Crippen LogP contribution is -2.30. The van der Waals surface area contributed by atoms with E-state index in [1.54, 1.807) is 0 Å². The Hall–Kier alpha value is 0.250. The highest BCUT2D eigenvalue weighted by Crippen LogP contribution is 2.14. The van der Waals surface area contributed by atoms with Crippen LogP contribution in [-0.4, -0.2) is 30.9 Å². The number of alkyl halides is 1. The molecule has 0 N–H and O–H groups in total. The van der Waals surface area contributed by atoms with Gasteiger partial charge in [0.2, 0.25) is 0 Å². The van der Waals surface area contributed by atoms with Crippen LogP contribution in [0, 0.1) is 5.41 Å². The molecule has 2 heteroatoms. The van der Waals surface area contributed by atoms with Crippen molar-refractivity contribution in [1.29, 1.82) is 0 Å². The molecule has 0 aromatic carbocycles. The van der Waals surface area contributed by atoms with Crippen LogP contribution in [0.25, 0.3) is 0 Å². The summed E-state index contributed by atoms with van der Waals surface area (Å²) in [5, 5.41) is 0. The quantitative estimate of drug-likeness (QED) is 0.475. The van der Waals surface area contributed by atoms with E-state index in [0.29, 0.717) is 5.41 Å². The standard InChI is InChI=1S/C11H24ClN/c1-11(2,3)10-13(4)9-7-5-6-8-12/h5-10H2,1-4H3. The molecule has 0 aromatic heterocycles. The van der Waals surface area contributed by atoms with E-state index in [2.05, 4.69) is 32.7 Å². The Labute approximate surface area is 88.5 Å². The first-order chi connectivity index (χ1) is 5.95. The fourth-order valence-electron chi connectivity index (χ4n) is 1.54. The van der Waals surface area contributed by atoms with Gasteiger partial charge in [-0.2, -0.15) is 0 Å². The number of hydrogen-bond donors (Lipinski definition) is 0. The predicted molar refractivity (Wildman–Crippen MR) is 61.5 cm³/mol. The molecule has 1 nitrogen and oxygen atoms in total. The molecule has 0 unspecified atom stereocenters. The first-order valence-corrected chi connectivity index (χ1v) is 5.74. The van der Waals surface area contributed by atoms with E-state index in [1.807, 2.05) is 0 Å². The normalized spacial score (nSPS) is 12.5. The molecule has 0 aliphatic rings. The molecule has 0 aliphatic heterocycles. The van der Waals surface area contributed by atoms with E-state index in [-0.39, 0.29) is 0 Å². The van der Waals surface area contributed by atoms with E-state index in [9.17, 15) is 0 Å². The van der Waals surface area contributed by atoms with E-state index in [4.69, 9.17) is 11.6 Å². The van der Waals surface area contributed by atoms with Gasteiger partial charge in [-0.1, -0.05) is 27.2 Å². The van der Waals surface area contributed by atoms with Crippen LogP contribution < -0.4 is 0 Å². The summed E-state index contributed by atoms with van der Waals surface area (Å²) in [4.78, 5) is 2.41. The third kappa shape index (κ3) is 10.2. The Bertz CT molecular complexity index is 118. The molecule has 0 atom stereocenters. The first kappa shape index (κ1) is 13.2. The van der Waals surface area contributed by atoms with Gasteiger partial charge < -0.3 is 4.90 Å². The molecule has 0 radical (unpaired) electrons. The van der Waals surface area contributed by atoms with Crippen molar-refractivity contribution < 1.29 is 0 Å². The molecular weight excluding hydrogens is 182 g/mol. The number of hydrogen-bond acceptors (Lipinski definition) is 1. The van der Waals surface area contributed by atoms with Crippen LogP contribution in [0.1, 0.15) is 40.0 Å². The van der Waals surface area contributed by atoms with Crippen LogP contribution >= 0.6 is 11.6 Å². The molecule has 13 heavy (non-hydrogen) atoms. The smallest absolute Gasteiger partial charge is 0.0223 e. The summed E-state index contributed by atoms with van der Waals surface area (Å²) in [5.41, 5.74) is 0.418. The van der Waals surface area contributed by atoms with Gasteiger partial charge in [-0.3, -0.25) is 0 Å². The zero-order chi connectivity index (χ0) is 10.3. The fourth-order valence-corrected chi connectivity index (χ4v) is 1.73. The molecule has 0 aromatic rings. The van der Waals surface area contributed by atoms with Crippen LogP contribution in [-0.2, 0) is 0 Å². The summed E-state index contributed by atoms with van der Waals surface area (Å²) < 4.78 is 0. The Morgan fingerprint density at radius 2 is 1.69 bits per heavy atom. The maximum Gasteiger partial charge on any atom is 0.0223 e. The number of nitrogens with zero attached hydrogens (tertiary/aromatic N) is 1. The Kier molecular flexibility index (Phi) is 6.79. The minimum atomic E-state index is 0.418. The Morgan fingerprint density at radius 1 is 1.08 bits per heavy atom. The Balaban J connectivity index is 3.35. The second-order valence-corrected chi connectivity index (χ2v) is 5.43. The fraction of sp³-hybridized carbons (Fsp3) is 1.00. The molecule has 0 spiro atoms. The maximum atomic E-state index is 5.61. The monoisotopic (exact) mass is 205 g/mol. The second kappa shape index (κ2) is 6.67. The molecule has 0 fully saturated rings. The van der Waals surface area contributed by atoms with Crippen molar-refractivity contribution in [2.75, 3.05) is 26.0 Å². The zero-order valence-corrected chi connectivity index (χ0v) is 10.3. The highest BCUT2D eigenvalue weighted by atomic mass is 35.5. The van der Waals surface area contributed by atoms with E-state index in [0.717, 1.165) is 12.3 Å². The van der Waals surface area contributed by atoms with E-state index >= 15 is 0 Å². The summed E-state index contributed by atoms with van der Waals surface area (Å²) in [6.45, 7) is 9.22. The van der Waals surface area contributed by atoms with Gasteiger partial charge in [0, 0.05) is 12.4 Å².